The number of hydrogen-bond donors (Lipinski definition) is 1. The van der Waals surface area contributed by atoms with Gasteiger partial charge in [0.15, 0.2) is 0 Å². The van der Waals surface area contributed by atoms with Crippen LogP contribution in [0.15, 0.2) is 6.33 Å². The van der Waals surface area contributed by atoms with E-state index in [4.69, 9.17) is 5.73 Å². The van der Waals surface area contributed by atoms with Crippen molar-refractivity contribution in [2.24, 2.45) is 23.0 Å². The highest BCUT2D eigenvalue weighted by atomic mass is 15.3. The van der Waals surface area contributed by atoms with E-state index in [1.807, 2.05) is 0 Å². The number of aromatic nitrogens is 3. The average Bonchev–Trinajstić information content (AvgIpc) is 2.98. The third kappa shape index (κ3) is 3.35. The summed E-state index contributed by atoms with van der Waals surface area (Å²) in [5, 5.41) is 4.37. The van der Waals surface area contributed by atoms with Crippen LogP contribution in [-0.2, 0) is 13.0 Å². The first kappa shape index (κ1) is 14.5. The maximum atomic E-state index is 6.10. The number of hydrogen-bond acceptors (Lipinski definition) is 3. The summed E-state index contributed by atoms with van der Waals surface area (Å²) in [7, 11) is 0. The van der Waals surface area contributed by atoms with Gasteiger partial charge in [0, 0.05) is 13.0 Å². The smallest absolute Gasteiger partial charge is 0.138 e. The Morgan fingerprint density at radius 3 is 2.89 bits per heavy atom. The van der Waals surface area contributed by atoms with Crippen molar-refractivity contribution in [3.8, 4) is 0 Å². The van der Waals surface area contributed by atoms with Gasteiger partial charge >= 0.3 is 0 Å². The fraction of sp³-hybridized carbons (Fsp3) is 0.867. The molecule has 1 aliphatic rings. The van der Waals surface area contributed by atoms with Gasteiger partial charge in [-0.2, -0.15) is 5.10 Å². The van der Waals surface area contributed by atoms with Gasteiger partial charge in [0.1, 0.15) is 12.2 Å². The molecule has 4 nitrogen and oxygen atoms in total. The van der Waals surface area contributed by atoms with Crippen LogP contribution < -0.4 is 5.73 Å². The van der Waals surface area contributed by atoms with Gasteiger partial charge < -0.3 is 5.73 Å². The summed E-state index contributed by atoms with van der Waals surface area (Å²) in [6.07, 6.45) is 7.79. The van der Waals surface area contributed by atoms with E-state index in [-0.39, 0.29) is 5.41 Å². The number of rotatable bonds is 6. The second-order valence-corrected chi connectivity index (χ2v) is 6.65. The molecule has 0 radical (unpaired) electrons. The Kier molecular flexibility index (Phi) is 4.61. The third-order valence-corrected chi connectivity index (χ3v) is 4.58. The molecule has 0 saturated heterocycles. The van der Waals surface area contributed by atoms with Crippen LogP contribution in [0.1, 0.15) is 52.3 Å². The van der Waals surface area contributed by atoms with Gasteiger partial charge in [0.05, 0.1) is 0 Å². The van der Waals surface area contributed by atoms with E-state index in [9.17, 15) is 0 Å². The minimum absolute atomic E-state index is 0.266. The molecule has 19 heavy (non-hydrogen) atoms. The summed E-state index contributed by atoms with van der Waals surface area (Å²) in [4.78, 5) is 4.47. The summed E-state index contributed by atoms with van der Waals surface area (Å²) in [6.45, 7) is 8.45. The first-order valence-electron chi connectivity index (χ1n) is 7.65. The van der Waals surface area contributed by atoms with Gasteiger partial charge in [-0.05, 0) is 43.1 Å². The molecule has 0 spiro atoms. The van der Waals surface area contributed by atoms with Crippen molar-refractivity contribution >= 4 is 0 Å². The molecule has 0 aromatic carbocycles. The van der Waals surface area contributed by atoms with E-state index in [1.165, 1.54) is 25.7 Å². The van der Waals surface area contributed by atoms with Crippen LogP contribution in [0.4, 0.5) is 0 Å². The van der Waals surface area contributed by atoms with Crippen LogP contribution in [0.2, 0.25) is 0 Å². The predicted molar refractivity (Wildman–Crippen MR) is 77.7 cm³/mol. The standard InChI is InChI=1S/C15H28N4/c1-4-13-5-6-15(7-13,10-16)8-14-17-11-18-19(14)9-12(2)3/h11-13H,4-10,16H2,1-3H3. The maximum Gasteiger partial charge on any atom is 0.138 e. The monoisotopic (exact) mass is 264 g/mol. The van der Waals surface area contributed by atoms with Crippen molar-refractivity contribution in [3.05, 3.63) is 12.2 Å². The second kappa shape index (κ2) is 6.04. The first-order valence-corrected chi connectivity index (χ1v) is 7.65. The lowest BCUT2D eigenvalue weighted by Crippen LogP contribution is -2.32. The molecule has 1 saturated carbocycles. The maximum absolute atomic E-state index is 6.10. The van der Waals surface area contributed by atoms with Gasteiger partial charge in [-0.15, -0.1) is 0 Å². The molecule has 1 heterocycles. The zero-order valence-electron chi connectivity index (χ0n) is 12.6. The van der Waals surface area contributed by atoms with Crippen LogP contribution in [0.5, 0.6) is 0 Å². The molecular weight excluding hydrogens is 236 g/mol. The molecule has 108 valence electrons. The van der Waals surface area contributed by atoms with Crippen LogP contribution in [0.3, 0.4) is 0 Å². The highest BCUT2D eigenvalue weighted by Gasteiger charge is 2.38. The second-order valence-electron chi connectivity index (χ2n) is 6.65. The molecule has 0 bridgehead atoms. The van der Waals surface area contributed by atoms with Gasteiger partial charge in [-0.25, -0.2) is 9.67 Å². The molecule has 2 N–H and O–H groups in total. The molecule has 0 amide bonds. The fourth-order valence-corrected chi connectivity index (χ4v) is 3.35. The summed E-state index contributed by atoms with van der Waals surface area (Å²) in [5.74, 6) is 2.57. The van der Waals surface area contributed by atoms with E-state index in [0.29, 0.717) is 5.92 Å². The fourth-order valence-electron chi connectivity index (χ4n) is 3.35. The molecule has 2 rings (SSSR count). The Hall–Kier alpha value is -0.900. The zero-order valence-corrected chi connectivity index (χ0v) is 12.6. The molecule has 0 aliphatic heterocycles. The zero-order chi connectivity index (χ0) is 13.9. The van der Waals surface area contributed by atoms with E-state index < -0.39 is 0 Å². The van der Waals surface area contributed by atoms with E-state index in [2.05, 4.69) is 35.5 Å². The van der Waals surface area contributed by atoms with E-state index >= 15 is 0 Å². The molecule has 2 atom stereocenters. The van der Waals surface area contributed by atoms with Gasteiger partial charge in [0.2, 0.25) is 0 Å². The SMILES string of the molecule is CCC1CCC(CN)(Cc2ncnn2CC(C)C)C1. The van der Waals surface area contributed by atoms with Crippen LogP contribution >= 0.6 is 0 Å². The van der Waals surface area contributed by atoms with Crippen molar-refractivity contribution < 1.29 is 0 Å². The topological polar surface area (TPSA) is 56.7 Å². The third-order valence-electron chi connectivity index (χ3n) is 4.58. The van der Waals surface area contributed by atoms with Gasteiger partial charge in [-0.3, -0.25) is 0 Å². The Balaban J connectivity index is 2.09. The summed E-state index contributed by atoms with van der Waals surface area (Å²) in [5.41, 5.74) is 6.36. The van der Waals surface area contributed by atoms with Gasteiger partial charge in [0.25, 0.3) is 0 Å². The molecular formula is C15H28N4. The summed E-state index contributed by atoms with van der Waals surface area (Å²) >= 11 is 0. The van der Waals surface area contributed by atoms with Crippen LogP contribution in [0.25, 0.3) is 0 Å². The van der Waals surface area contributed by atoms with Crippen LogP contribution in [0, 0.1) is 17.3 Å². The average molecular weight is 264 g/mol. The molecule has 1 fully saturated rings. The highest BCUT2D eigenvalue weighted by Crippen LogP contribution is 2.44. The van der Waals surface area contributed by atoms with Crippen LogP contribution in [-0.4, -0.2) is 21.3 Å². The molecule has 1 aromatic rings. The van der Waals surface area contributed by atoms with E-state index in [1.54, 1.807) is 6.33 Å². The number of nitrogens with zero attached hydrogens (tertiary/aromatic N) is 3. The molecule has 4 heteroatoms. The van der Waals surface area contributed by atoms with Crippen molar-refractivity contribution in [2.45, 2.75) is 59.4 Å². The normalized spacial score (nSPS) is 27.3. The lowest BCUT2D eigenvalue weighted by atomic mass is 9.81. The van der Waals surface area contributed by atoms with Gasteiger partial charge in [-0.1, -0.05) is 27.2 Å². The quantitative estimate of drug-likeness (QED) is 0.859. The minimum Gasteiger partial charge on any atom is -0.330 e. The Labute approximate surface area is 116 Å². The van der Waals surface area contributed by atoms with Crippen molar-refractivity contribution in [2.75, 3.05) is 6.54 Å². The lowest BCUT2D eigenvalue weighted by Gasteiger charge is -2.27. The molecule has 1 aliphatic carbocycles. The first-order chi connectivity index (χ1) is 9.08. The van der Waals surface area contributed by atoms with Crippen molar-refractivity contribution in [1.82, 2.24) is 14.8 Å². The molecule has 1 aromatic heterocycles. The predicted octanol–water partition coefficient (Wildman–Crippen LogP) is 2.63. The lowest BCUT2D eigenvalue weighted by molar-refractivity contribution is 0.277. The minimum atomic E-state index is 0.266. The number of nitrogens with two attached hydrogens (primary N) is 1. The Morgan fingerprint density at radius 1 is 1.53 bits per heavy atom. The summed E-state index contributed by atoms with van der Waals surface area (Å²) < 4.78 is 2.07. The highest BCUT2D eigenvalue weighted by molar-refractivity contribution is 4.99. The largest absolute Gasteiger partial charge is 0.330 e. The Morgan fingerprint density at radius 2 is 2.32 bits per heavy atom. The van der Waals surface area contributed by atoms with Crippen molar-refractivity contribution in [1.29, 1.82) is 0 Å². The molecule has 2 unspecified atom stereocenters. The van der Waals surface area contributed by atoms with E-state index in [0.717, 1.165) is 31.3 Å². The van der Waals surface area contributed by atoms with Crippen molar-refractivity contribution in [3.63, 3.8) is 0 Å². The summed E-state index contributed by atoms with van der Waals surface area (Å²) in [6, 6.07) is 0. The Bertz CT molecular complexity index is 399.